The largest absolute Gasteiger partial charge is 0.340 e. The summed E-state index contributed by atoms with van der Waals surface area (Å²) in [5.74, 6) is 0.725. The minimum atomic E-state index is 0.0988. The number of hydrogen-bond donors (Lipinski definition) is 0. The summed E-state index contributed by atoms with van der Waals surface area (Å²) < 4.78 is 1.94. The van der Waals surface area contributed by atoms with Gasteiger partial charge < -0.3 is 9.80 Å². The van der Waals surface area contributed by atoms with Crippen molar-refractivity contribution in [1.29, 1.82) is 0 Å². The molecule has 1 aromatic heterocycles. The third kappa shape index (κ3) is 4.89. The van der Waals surface area contributed by atoms with Crippen LogP contribution in [0.4, 0.5) is 5.69 Å². The van der Waals surface area contributed by atoms with E-state index >= 15 is 0 Å². The third-order valence-electron chi connectivity index (χ3n) is 7.42. The van der Waals surface area contributed by atoms with Crippen molar-refractivity contribution in [3.05, 3.63) is 36.0 Å². The van der Waals surface area contributed by atoms with Crippen molar-refractivity contribution >= 4 is 29.3 Å². The summed E-state index contributed by atoms with van der Waals surface area (Å²) in [5.41, 5.74) is 2.75. The molecule has 3 aliphatic rings. The number of fused-ring (bicyclic) bond motifs is 1. The third-order valence-corrected chi connectivity index (χ3v) is 8.45. The van der Waals surface area contributed by atoms with Gasteiger partial charge in [-0.25, -0.2) is 4.68 Å². The van der Waals surface area contributed by atoms with Crippen molar-refractivity contribution in [3.8, 4) is 5.69 Å². The lowest BCUT2D eigenvalue weighted by Gasteiger charge is -2.40. The van der Waals surface area contributed by atoms with Crippen molar-refractivity contribution in [2.45, 2.75) is 62.9 Å². The summed E-state index contributed by atoms with van der Waals surface area (Å²) in [6.45, 7) is 6.19. The summed E-state index contributed by atoms with van der Waals surface area (Å²) in [6.07, 6.45) is 7.87. The number of aromatic nitrogens is 2. The number of piperazine rings is 1. The van der Waals surface area contributed by atoms with Gasteiger partial charge in [-0.15, -0.1) is 0 Å². The number of anilines is 1. The van der Waals surface area contributed by atoms with Crippen LogP contribution in [0.15, 0.2) is 35.4 Å². The molecule has 8 heteroatoms. The van der Waals surface area contributed by atoms with Crippen molar-refractivity contribution in [3.63, 3.8) is 0 Å². The molecule has 0 spiro atoms. The second kappa shape index (κ2) is 10.5. The SMILES string of the molecule is Cc1nn(-c2ccccc2)c2c1N(CCCC(=O)N1CCN(C3CCCCC3)CC1)C(=O)CS2. The average molecular weight is 482 g/mol. The van der Waals surface area contributed by atoms with Crippen LogP contribution in [0.1, 0.15) is 50.6 Å². The summed E-state index contributed by atoms with van der Waals surface area (Å²) in [5, 5.41) is 5.74. The van der Waals surface area contributed by atoms with Crippen LogP contribution in [0.3, 0.4) is 0 Å². The highest BCUT2D eigenvalue weighted by molar-refractivity contribution is 8.00. The molecule has 0 N–H and O–H groups in total. The molecular weight excluding hydrogens is 446 g/mol. The van der Waals surface area contributed by atoms with Crippen molar-refractivity contribution in [2.24, 2.45) is 0 Å². The molecule has 1 aliphatic carbocycles. The van der Waals surface area contributed by atoms with E-state index in [1.165, 1.54) is 32.1 Å². The van der Waals surface area contributed by atoms with Gasteiger partial charge in [0.25, 0.3) is 0 Å². The van der Waals surface area contributed by atoms with Gasteiger partial charge in [-0.2, -0.15) is 5.10 Å². The lowest BCUT2D eigenvalue weighted by atomic mass is 9.94. The lowest BCUT2D eigenvalue weighted by molar-refractivity contribution is -0.133. The molecule has 2 aromatic rings. The molecule has 7 nitrogen and oxygen atoms in total. The fourth-order valence-corrected chi connectivity index (χ4v) is 6.66. The van der Waals surface area contributed by atoms with Crippen LogP contribution in [0.2, 0.25) is 0 Å². The van der Waals surface area contributed by atoms with Crippen molar-refractivity contribution in [1.82, 2.24) is 19.6 Å². The van der Waals surface area contributed by atoms with E-state index in [-0.39, 0.29) is 11.8 Å². The van der Waals surface area contributed by atoms with Gasteiger partial charge in [0.2, 0.25) is 11.8 Å². The molecule has 0 atom stereocenters. The van der Waals surface area contributed by atoms with Gasteiger partial charge in [-0.05, 0) is 38.3 Å². The molecule has 182 valence electrons. The average Bonchev–Trinajstić information content (AvgIpc) is 3.23. The van der Waals surface area contributed by atoms with E-state index in [1.54, 1.807) is 11.8 Å². The van der Waals surface area contributed by atoms with E-state index in [4.69, 9.17) is 5.10 Å². The Labute approximate surface area is 206 Å². The van der Waals surface area contributed by atoms with Crippen LogP contribution >= 0.6 is 11.8 Å². The van der Waals surface area contributed by atoms with E-state index in [0.717, 1.165) is 54.3 Å². The summed E-state index contributed by atoms with van der Waals surface area (Å²) >= 11 is 1.55. The first-order chi connectivity index (χ1) is 16.6. The smallest absolute Gasteiger partial charge is 0.237 e. The summed E-state index contributed by atoms with van der Waals surface area (Å²) in [4.78, 5) is 32.1. The van der Waals surface area contributed by atoms with Gasteiger partial charge in [0, 0.05) is 45.2 Å². The Balaban J connectivity index is 1.17. The van der Waals surface area contributed by atoms with E-state index in [2.05, 4.69) is 4.90 Å². The molecule has 34 heavy (non-hydrogen) atoms. The van der Waals surface area contributed by atoms with E-state index < -0.39 is 0 Å². The van der Waals surface area contributed by atoms with Gasteiger partial charge >= 0.3 is 0 Å². The first-order valence-electron chi connectivity index (χ1n) is 12.7. The van der Waals surface area contributed by atoms with Gasteiger partial charge in [0.15, 0.2) is 0 Å². The lowest BCUT2D eigenvalue weighted by Crippen LogP contribution is -2.52. The second-order valence-corrected chi connectivity index (χ2v) is 10.6. The van der Waals surface area contributed by atoms with Crippen LogP contribution in [0.25, 0.3) is 5.69 Å². The molecule has 0 bridgehead atoms. The normalized spacial score (nSPS) is 20.0. The first kappa shape index (κ1) is 23.4. The Morgan fingerprint density at radius 2 is 1.79 bits per heavy atom. The molecule has 0 unspecified atom stereocenters. The highest BCUT2D eigenvalue weighted by Gasteiger charge is 2.32. The van der Waals surface area contributed by atoms with Crippen LogP contribution in [0, 0.1) is 6.92 Å². The molecular formula is C26H35N5O2S. The Morgan fingerprint density at radius 1 is 1.06 bits per heavy atom. The summed E-state index contributed by atoms with van der Waals surface area (Å²) in [7, 11) is 0. The number of carbonyl (C=O) groups is 2. The number of nitrogens with zero attached hydrogens (tertiary/aromatic N) is 5. The number of para-hydroxylation sites is 1. The maximum Gasteiger partial charge on any atom is 0.237 e. The van der Waals surface area contributed by atoms with Crippen LogP contribution in [-0.4, -0.2) is 75.9 Å². The first-order valence-corrected chi connectivity index (χ1v) is 13.7. The zero-order chi connectivity index (χ0) is 23.5. The molecule has 2 aliphatic heterocycles. The zero-order valence-electron chi connectivity index (χ0n) is 20.1. The standard InChI is InChI=1S/C26H35N5O2S/c1-20-25-26(31(27-20)22-11-6-3-7-12-22)34-19-24(33)30(25)14-8-13-23(32)29-17-15-28(16-18-29)21-9-4-2-5-10-21/h3,6-7,11-12,21H,2,4-5,8-10,13-19H2,1H3. The van der Waals surface area contributed by atoms with Crippen LogP contribution in [0.5, 0.6) is 0 Å². The molecule has 1 aromatic carbocycles. The number of aryl methyl sites for hydroxylation is 1. The number of thioether (sulfide) groups is 1. The van der Waals surface area contributed by atoms with E-state index in [0.29, 0.717) is 25.1 Å². The number of benzene rings is 1. The van der Waals surface area contributed by atoms with Gasteiger partial charge in [0.05, 0.1) is 22.8 Å². The molecule has 2 fully saturated rings. The monoisotopic (exact) mass is 481 g/mol. The number of rotatable bonds is 6. The number of carbonyl (C=O) groups excluding carboxylic acids is 2. The highest BCUT2D eigenvalue weighted by atomic mass is 32.2. The van der Waals surface area contributed by atoms with E-state index in [9.17, 15) is 9.59 Å². The Hall–Kier alpha value is -2.32. The topological polar surface area (TPSA) is 61.7 Å². The fraction of sp³-hybridized carbons (Fsp3) is 0.577. The maximum atomic E-state index is 12.9. The minimum absolute atomic E-state index is 0.0988. The second-order valence-electron chi connectivity index (χ2n) is 9.63. The van der Waals surface area contributed by atoms with Gasteiger partial charge in [-0.1, -0.05) is 49.2 Å². The van der Waals surface area contributed by atoms with E-state index in [1.807, 2.05) is 51.7 Å². The molecule has 1 saturated carbocycles. The quantitative estimate of drug-likeness (QED) is 0.627. The van der Waals surface area contributed by atoms with Crippen molar-refractivity contribution in [2.75, 3.05) is 43.4 Å². The zero-order valence-corrected chi connectivity index (χ0v) is 20.9. The molecule has 2 amide bonds. The predicted molar refractivity (Wildman–Crippen MR) is 136 cm³/mol. The van der Waals surface area contributed by atoms with Crippen LogP contribution in [-0.2, 0) is 9.59 Å². The highest BCUT2D eigenvalue weighted by Crippen LogP contribution is 2.39. The van der Waals surface area contributed by atoms with Crippen LogP contribution < -0.4 is 4.90 Å². The van der Waals surface area contributed by atoms with Crippen molar-refractivity contribution < 1.29 is 9.59 Å². The Morgan fingerprint density at radius 3 is 2.53 bits per heavy atom. The summed E-state index contributed by atoms with van der Waals surface area (Å²) in [6, 6.07) is 10.8. The molecule has 3 heterocycles. The minimum Gasteiger partial charge on any atom is -0.340 e. The Kier molecular flexibility index (Phi) is 7.25. The van der Waals surface area contributed by atoms with Gasteiger partial charge in [0.1, 0.15) is 5.03 Å². The predicted octanol–water partition coefficient (Wildman–Crippen LogP) is 3.88. The molecule has 1 saturated heterocycles. The number of hydrogen-bond acceptors (Lipinski definition) is 5. The molecule has 5 rings (SSSR count). The Bertz CT molecular complexity index is 1010. The fourth-order valence-electron chi connectivity index (χ4n) is 5.58. The maximum absolute atomic E-state index is 12.9. The van der Waals surface area contributed by atoms with Gasteiger partial charge in [-0.3, -0.25) is 14.5 Å². The number of amides is 2. The molecule has 0 radical (unpaired) electrons.